The summed E-state index contributed by atoms with van der Waals surface area (Å²) >= 11 is 1.82. The van der Waals surface area contributed by atoms with E-state index in [2.05, 4.69) is 45.3 Å². The second-order valence-corrected chi connectivity index (χ2v) is 7.32. The lowest BCUT2D eigenvalue weighted by molar-refractivity contribution is 0.756. The molecule has 5 nitrogen and oxygen atoms in total. The summed E-state index contributed by atoms with van der Waals surface area (Å²) in [4.78, 5) is 12.6. The molecule has 0 aliphatic carbocycles. The Morgan fingerprint density at radius 2 is 2.04 bits per heavy atom. The van der Waals surface area contributed by atoms with Gasteiger partial charge < -0.3 is 4.90 Å². The highest BCUT2D eigenvalue weighted by Gasteiger charge is 2.12. The van der Waals surface area contributed by atoms with E-state index in [1.165, 1.54) is 15.0 Å². The fraction of sp³-hybridized carbons (Fsp3) is 0.211. The van der Waals surface area contributed by atoms with Crippen molar-refractivity contribution in [2.75, 3.05) is 11.9 Å². The average Bonchev–Trinajstić information content (AvgIpc) is 3.16. The standard InChI is InChI=1S/C19H19N5S/c1-13-16(12-24(3)22-13)17-8-9-20-19(21-17)23(2)11-15-10-14-6-4-5-7-18(14)25-15/h4-10,12H,11H2,1-3H3. The van der Waals surface area contributed by atoms with Crippen molar-refractivity contribution in [3.8, 4) is 11.3 Å². The van der Waals surface area contributed by atoms with E-state index in [1.54, 1.807) is 0 Å². The number of aromatic nitrogens is 4. The van der Waals surface area contributed by atoms with E-state index in [4.69, 9.17) is 4.98 Å². The predicted octanol–water partition coefficient (Wildman–Crippen LogP) is 4.04. The molecule has 1 aromatic carbocycles. The Kier molecular flexibility index (Phi) is 3.97. The Balaban J connectivity index is 1.60. The fourth-order valence-corrected chi connectivity index (χ4v) is 4.07. The topological polar surface area (TPSA) is 46.8 Å². The highest BCUT2D eigenvalue weighted by molar-refractivity contribution is 7.19. The number of anilines is 1. The Morgan fingerprint density at radius 1 is 1.20 bits per heavy atom. The number of rotatable bonds is 4. The van der Waals surface area contributed by atoms with Crippen LogP contribution in [0, 0.1) is 6.92 Å². The van der Waals surface area contributed by atoms with Crippen molar-refractivity contribution in [2.45, 2.75) is 13.5 Å². The van der Waals surface area contributed by atoms with Crippen LogP contribution in [-0.4, -0.2) is 26.8 Å². The summed E-state index contributed by atoms with van der Waals surface area (Å²) in [7, 11) is 3.95. The minimum atomic E-state index is 0.721. The smallest absolute Gasteiger partial charge is 0.225 e. The molecule has 0 saturated heterocycles. The molecule has 0 atom stereocenters. The van der Waals surface area contributed by atoms with Crippen LogP contribution in [0.3, 0.4) is 0 Å². The first-order valence-electron chi connectivity index (χ1n) is 8.12. The first kappa shape index (κ1) is 15.8. The Labute approximate surface area is 150 Å². The first-order chi connectivity index (χ1) is 12.1. The van der Waals surface area contributed by atoms with Crippen molar-refractivity contribution in [3.63, 3.8) is 0 Å². The molecule has 4 aromatic rings. The SMILES string of the molecule is Cc1nn(C)cc1-c1ccnc(N(C)Cc2cc3ccccc3s2)n1. The number of hydrogen-bond donors (Lipinski definition) is 0. The van der Waals surface area contributed by atoms with Crippen LogP contribution >= 0.6 is 11.3 Å². The van der Waals surface area contributed by atoms with Crippen molar-refractivity contribution in [1.29, 1.82) is 0 Å². The van der Waals surface area contributed by atoms with Crippen molar-refractivity contribution in [2.24, 2.45) is 7.05 Å². The molecule has 0 N–H and O–H groups in total. The summed E-state index contributed by atoms with van der Waals surface area (Å²) < 4.78 is 3.12. The van der Waals surface area contributed by atoms with Crippen molar-refractivity contribution in [3.05, 3.63) is 59.4 Å². The second kappa shape index (κ2) is 6.29. The third kappa shape index (κ3) is 3.13. The maximum atomic E-state index is 4.73. The van der Waals surface area contributed by atoms with E-state index in [9.17, 15) is 0 Å². The second-order valence-electron chi connectivity index (χ2n) is 6.15. The molecule has 0 fully saturated rings. The van der Waals surface area contributed by atoms with E-state index < -0.39 is 0 Å². The third-order valence-electron chi connectivity index (χ3n) is 4.14. The fourth-order valence-electron chi connectivity index (χ4n) is 2.95. The Morgan fingerprint density at radius 3 is 2.80 bits per heavy atom. The molecule has 0 saturated carbocycles. The van der Waals surface area contributed by atoms with Gasteiger partial charge >= 0.3 is 0 Å². The lowest BCUT2D eigenvalue weighted by Gasteiger charge is -2.16. The summed E-state index contributed by atoms with van der Waals surface area (Å²) in [6.45, 7) is 2.78. The summed E-state index contributed by atoms with van der Waals surface area (Å²) in [5, 5.41) is 5.69. The van der Waals surface area contributed by atoms with Crippen LogP contribution in [0.25, 0.3) is 21.3 Å². The van der Waals surface area contributed by atoms with Crippen LogP contribution in [0.2, 0.25) is 0 Å². The minimum absolute atomic E-state index is 0.721. The average molecular weight is 349 g/mol. The number of thiophene rings is 1. The monoisotopic (exact) mass is 349 g/mol. The van der Waals surface area contributed by atoms with Gasteiger partial charge in [0.05, 0.1) is 17.9 Å². The van der Waals surface area contributed by atoms with Crippen molar-refractivity contribution >= 4 is 27.4 Å². The molecular formula is C19H19N5S. The quantitative estimate of drug-likeness (QED) is 0.558. The maximum Gasteiger partial charge on any atom is 0.225 e. The molecule has 0 unspecified atom stereocenters. The van der Waals surface area contributed by atoms with Crippen LogP contribution in [-0.2, 0) is 13.6 Å². The molecule has 0 aliphatic heterocycles. The van der Waals surface area contributed by atoms with E-state index in [-0.39, 0.29) is 0 Å². The molecule has 25 heavy (non-hydrogen) atoms. The number of aryl methyl sites for hydroxylation is 2. The van der Waals surface area contributed by atoms with Gasteiger partial charge in [-0.1, -0.05) is 18.2 Å². The van der Waals surface area contributed by atoms with Crippen LogP contribution < -0.4 is 4.90 Å². The molecule has 126 valence electrons. The van der Waals surface area contributed by atoms with Gasteiger partial charge in [-0.15, -0.1) is 11.3 Å². The lowest BCUT2D eigenvalue weighted by atomic mass is 10.2. The van der Waals surface area contributed by atoms with Gasteiger partial charge in [0.15, 0.2) is 0 Å². The third-order valence-corrected chi connectivity index (χ3v) is 5.24. The zero-order valence-corrected chi connectivity index (χ0v) is 15.3. The number of nitrogens with zero attached hydrogens (tertiary/aromatic N) is 5. The summed E-state index contributed by atoms with van der Waals surface area (Å²) in [6.07, 6.45) is 3.80. The van der Waals surface area contributed by atoms with Gasteiger partial charge in [-0.25, -0.2) is 9.97 Å². The molecule has 0 bridgehead atoms. The molecule has 0 spiro atoms. The summed E-state index contributed by atoms with van der Waals surface area (Å²) in [5.74, 6) is 0.721. The molecule has 0 amide bonds. The van der Waals surface area contributed by atoms with E-state index in [0.717, 1.165) is 29.4 Å². The van der Waals surface area contributed by atoms with Gasteiger partial charge in [-0.2, -0.15) is 5.10 Å². The molecule has 0 radical (unpaired) electrons. The summed E-state index contributed by atoms with van der Waals surface area (Å²) in [6, 6.07) is 12.6. The van der Waals surface area contributed by atoms with E-state index >= 15 is 0 Å². The van der Waals surface area contributed by atoms with Crippen molar-refractivity contribution in [1.82, 2.24) is 19.7 Å². The highest BCUT2D eigenvalue weighted by Crippen LogP contribution is 2.27. The minimum Gasteiger partial charge on any atom is -0.339 e. The molecule has 0 aliphatic rings. The molecule has 6 heteroatoms. The van der Waals surface area contributed by atoms with Crippen LogP contribution in [0.1, 0.15) is 10.6 Å². The zero-order valence-electron chi connectivity index (χ0n) is 14.5. The zero-order chi connectivity index (χ0) is 17.4. The van der Waals surface area contributed by atoms with Gasteiger partial charge in [0.25, 0.3) is 0 Å². The van der Waals surface area contributed by atoms with E-state index in [0.29, 0.717) is 0 Å². The van der Waals surface area contributed by atoms with Gasteiger partial charge in [0.1, 0.15) is 0 Å². The largest absolute Gasteiger partial charge is 0.339 e. The maximum absolute atomic E-state index is 4.73. The lowest BCUT2D eigenvalue weighted by Crippen LogP contribution is -2.18. The van der Waals surface area contributed by atoms with Gasteiger partial charge in [-0.05, 0) is 30.5 Å². The predicted molar refractivity (Wildman–Crippen MR) is 103 cm³/mol. The Hall–Kier alpha value is -2.73. The number of fused-ring (bicyclic) bond motifs is 1. The number of benzene rings is 1. The van der Waals surface area contributed by atoms with Gasteiger partial charge in [0.2, 0.25) is 5.95 Å². The normalized spacial score (nSPS) is 11.2. The first-order valence-corrected chi connectivity index (χ1v) is 8.94. The molecule has 4 rings (SSSR count). The summed E-state index contributed by atoms with van der Waals surface area (Å²) in [5.41, 5.74) is 2.92. The molecular weight excluding hydrogens is 330 g/mol. The van der Waals surface area contributed by atoms with Crippen LogP contribution in [0.15, 0.2) is 48.8 Å². The number of hydrogen-bond acceptors (Lipinski definition) is 5. The van der Waals surface area contributed by atoms with E-state index in [1.807, 2.05) is 55.5 Å². The van der Waals surface area contributed by atoms with Crippen LogP contribution in [0.5, 0.6) is 0 Å². The van der Waals surface area contributed by atoms with Gasteiger partial charge in [0, 0.05) is 41.6 Å². The van der Waals surface area contributed by atoms with Crippen molar-refractivity contribution < 1.29 is 0 Å². The van der Waals surface area contributed by atoms with Gasteiger partial charge in [-0.3, -0.25) is 4.68 Å². The molecule has 3 heterocycles. The Bertz CT molecular complexity index is 1000. The van der Waals surface area contributed by atoms with Crippen LogP contribution in [0.4, 0.5) is 5.95 Å². The highest BCUT2D eigenvalue weighted by atomic mass is 32.1. The molecule has 3 aromatic heterocycles.